The molecule has 1 unspecified atom stereocenters. The van der Waals surface area contributed by atoms with Crippen LogP contribution in [0.1, 0.15) is 28.6 Å². The van der Waals surface area contributed by atoms with Gasteiger partial charge in [-0.15, -0.1) is 0 Å². The fourth-order valence-corrected chi connectivity index (χ4v) is 23.8. The molecule has 0 saturated heterocycles. The number of allylic oxidation sites excluding steroid dienone is 1. The standard InChI is InChI=1S/C24H21.C12H9Si.2ClH.Zr/c1-17(2)21-15-20-13-14-22(18-9-5-3-6-10-18)24(23(20)16-21)19-11-7-4-8-12-19;1-3-7-11-9(5-1)10-6-2-4-8-12(10)13-11;;;/h3-17H,1-2H3;1-7H,13H2;2*1H;/q;;;;+2/p-2. The average Bonchev–Trinajstić information content (AvgIpc) is 3.57. The molecule has 0 N–H and O–H groups in total. The van der Waals surface area contributed by atoms with Gasteiger partial charge in [0.15, 0.2) is 0 Å². The molecule has 1 heterocycles. The van der Waals surface area contributed by atoms with Gasteiger partial charge in [0.2, 0.25) is 0 Å². The molecule has 0 fully saturated rings. The van der Waals surface area contributed by atoms with Gasteiger partial charge in [0, 0.05) is 0 Å². The summed E-state index contributed by atoms with van der Waals surface area (Å²) in [5.41, 5.74) is 11.7. The van der Waals surface area contributed by atoms with Gasteiger partial charge in [-0.1, -0.05) is 0 Å². The van der Waals surface area contributed by atoms with Crippen LogP contribution in [0.4, 0.5) is 0 Å². The third-order valence-corrected chi connectivity index (χ3v) is 22.9. The average molecular weight is 653 g/mol. The second kappa shape index (κ2) is 10.4. The molecule has 0 amide bonds. The summed E-state index contributed by atoms with van der Waals surface area (Å²) in [6.45, 7) is 4.58. The molecule has 196 valence electrons. The first-order valence-corrected chi connectivity index (χ1v) is 24.4. The molecule has 1 atom stereocenters. The van der Waals surface area contributed by atoms with Crippen molar-refractivity contribution in [3.05, 3.63) is 132 Å². The minimum atomic E-state index is -4.02. The van der Waals surface area contributed by atoms with E-state index >= 15 is 0 Å². The number of benzene rings is 5. The molecule has 0 radical (unpaired) electrons. The molecule has 4 heteroatoms. The minimum absolute atomic E-state index is 0.0733. The van der Waals surface area contributed by atoms with Crippen molar-refractivity contribution < 1.29 is 17.9 Å². The van der Waals surface area contributed by atoms with Gasteiger partial charge in [0.25, 0.3) is 0 Å². The van der Waals surface area contributed by atoms with Gasteiger partial charge < -0.3 is 0 Å². The van der Waals surface area contributed by atoms with Crippen LogP contribution in [-0.2, 0) is 17.9 Å². The zero-order valence-electron chi connectivity index (χ0n) is 22.7. The van der Waals surface area contributed by atoms with Crippen LogP contribution in [-0.4, -0.2) is 9.52 Å². The van der Waals surface area contributed by atoms with Crippen LogP contribution >= 0.6 is 17.0 Å². The van der Waals surface area contributed by atoms with E-state index in [9.17, 15) is 0 Å². The fourth-order valence-electron chi connectivity index (χ4n) is 6.78. The Hall–Kier alpha value is -2.48. The van der Waals surface area contributed by atoms with Gasteiger partial charge in [-0.2, -0.15) is 0 Å². The monoisotopic (exact) mass is 650 g/mol. The Balaban J connectivity index is 1.44. The molecular formula is C36H30Cl2SiZr. The van der Waals surface area contributed by atoms with E-state index < -0.39 is 27.4 Å². The zero-order valence-corrected chi connectivity index (χ0v) is 28.0. The zero-order chi connectivity index (χ0) is 27.4. The summed E-state index contributed by atoms with van der Waals surface area (Å²) in [5, 5.41) is 2.98. The van der Waals surface area contributed by atoms with Crippen molar-refractivity contribution in [2.45, 2.75) is 17.5 Å². The van der Waals surface area contributed by atoms with Crippen LogP contribution in [0.5, 0.6) is 0 Å². The number of hydrogen-bond donors (Lipinski definition) is 0. The molecule has 40 heavy (non-hydrogen) atoms. The summed E-state index contributed by atoms with van der Waals surface area (Å²) in [6.07, 6.45) is 2.44. The first-order valence-electron chi connectivity index (χ1n) is 14.0. The third kappa shape index (κ3) is 4.27. The normalized spacial score (nSPS) is 16.1. The molecule has 0 bridgehead atoms. The quantitative estimate of drug-likeness (QED) is 0.166. The summed E-state index contributed by atoms with van der Waals surface area (Å²) in [4.78, 5) is 0. The fraction of sp³-hybridized carbons (Fsp3) is 0.111. The molecular weight excluding hydrogens is 623 g/mol. The van der Waals surface area contributed by atoms with E-state index in [0.29, 0.717) is 5.92 Å². The number of fused-ring (bicyclic) bond motifs is 4. The van der Waals surface area contributed by atoms with Gasteiger partial charge in [-0.3, -0.25) is 0 Å². The number of rotatable bonds is 5. The molecule has 0 nitrogen and oxygen atoms in total. The van der Waals surface area contributed by atoms with E-state index in [2.05, 4.69) is 135 Å². The Bertz CT molecular complexity index is 1770. The second-order valence-corrected chi connectivity index (χ2v) is 27.1. The molecule has 0 saturated carbocycles. The second-order valence-electron chi connectivity index (χ2n) is 11.2. The first kappa shape index (κ1) is 26.4. The first-order chi connectivity index (χ1) is 19.4. The molecule has 1 aliphatic heterocycles. The predicted molar refractivity (Wildman–Crippen MR) is 174 cm³/mol. The molecule has 0 spiro atoms. The van der Waals surface area contributed by atoms with Gasteiger partial charge in [0.05, 0.1) is 0 Å². The molecule has 7 rings (SSSR count). The summed E-state index contributed by atoms with van der Waals surface area (Å²) in [6, 6.07) is 41.7. The van der Waals surface area contributed by atoms with Crippen molar-refractivity contribution in [2.75, 3.05) is 0 Å². The molecule has 1 aliphatic carbocycles. The van der Waals surface area contributed by atoms with Gasteiger partial charge in [0.1, 0.15) is 0 Å². The van der Waals surface area contributed by atoms with Gasteiger partial charge in [-0.05, 0) is 0 Å². The maximum atomic E-state index is 7.87. The Morgan fingerprint density at radius 1 is 0.650 bits per heavy atom. The SMILES string of the molecule is CC(C)C1=Cc2c(ccc(-c3ccccc3)c2-c2ccccc2)[CH]1[Zr]([Cl])([Cl])[c]1cccc2c1[SiH2]c1ccccc1-2. The maximum absolute atomic E-state index is 7.87. The third-order valence-electron chi connectivity index (χ3n) is 8.62. The topological polar surface area (TPSA) is 0 Å². The Morgan fingerprint density at radius 3 is 2.02 bits per heavy atom. The molecule has 5 aromatic rings. The van der Waals surface area contributed by atoms with E-state index in [0.717, 1.165) is 0 Å². The number of halogens is 2. The van der Waals surface area contributed by atoms with Crippen molar-refractivity contribution in [3.63, 3.8) is 0 Å². The van der Waals surface area contributed by atoms with E-state index in [1.807, 2.05) is 0 Å². The van der Waals surface area contributed by atoms with E-state index in [-0.39, 0.29) is 3.63 Å². The van der Waals surface area contributed by atoms with E-state index in [1.165, 1.54) is 63.7 Å². The van der Waals surface area contributed by atoms with Crippen LogP contribution in [0, 0.1) is 5.92 Å². The molecule has 5 aromatic carbocycles. The van der Waals surface area contributed by atoms with Gasteiger partial charge >= 0.3 is 253 Å². The van der Waals surface area contributed by atoms with Crippen LogP contribution < -0.4 is 13.6 Å². The summed E-state index contributed by atoms with van der Waals surface area (Å²) in [5.74, 6) is 0.348. The van der Waals surface area contributed by atoms with Crippen LogP contribution in [0.15, 0.2) is 121 Å². The van der Waals surface area contributed by atoms with Gasteiger partial charge in [-0.25, -0.2) is 0 Å². The van der Waals surface area contributed by atoms with Crippen LogP contribution in [0.3, 0.4) is 0 Å². The van der Waals surface area contributed by atoms with Crippen molar-refractivity contribution in [3.8, 4) is 33.4 Å². The summed E-state index contributed by atoms with van der Waals surface area (Å²) in [7, 11) is 15.1. The Labute approximate surface area is 251 Å². The summed E-state index contributed by atoms with van der Waals surface area (Å²) >= 11 is -4.02. The predicted octanol–water partition coefficient (Wildman–Crippen LogP) is 8.00. The summed E-state index contributed by atoms with van der Waals surface area (Å²) < 4.78 is 1.36. The molecule has 0 aromatic heterocycles. The number of hydrogen-bond acceptors (Lipinski definition) is 0. The Kier molecular flexibility index (Phi) is 6.88. The van der Waals surface area contributed by atoms with E-state index in [4.69, 9.17) is 17.0 Å². The van der Waals surface area contributed by atoms with Crippen LogP contribution in [0.25, 0.3) is 39.5 Å². The van der Waals surface area contributed by atoms with Crippen molar-refractivity contribution in [2.24, 2.45) is 5.92 Å². The van der Waals surface area contributed by atoms with Crippen molar-refractivity contribution in [1.29, 1.82) is 0 Å². The van der Waals surface area contributed by atoms with Crippen molar-refractivity contribution >= 4 is 46.3 Å². The Morgan fingerprint density at radius 2 is 1.30 bits per heavy atom. The van der Waals surface area contributed by atoms with E-state index in [1.54, 1.807) is 0 Å². The molecule has 2 aliphatic rings. The van der Waals surface area contributed by atoms with Crippen molar-refractivity contribution in [1.82, 2.24) is 0 Å². The van der Waals surface area contributed by atoms with Crippen LogP contribution in [0.2, 0.25) is 0 Å².